The molecule has 0 aromatic heterocycles. The third-order valence-electron chi connectivity index (χ3n) is 5.62. The Bertz CT molecular complexity index is 535. The minimum absolute atomic E-state index is 0.0712. The summed E-state index contributed by atoms with van der Waals surface area (Å²) in [4.78, 5) is 24.5. The van der Waals surface area contributed by atoms with Crippen LogP contribution in [-0.2, 0) is 28.4 Å². The zero-order chi connectivity index (χ0) is 23.0. The van der Waals surface area contributed by atoms with Crippen molar-refractivity contribution in [3.8, 4) is 0 Å². The van der Waals surface area contributed by atoms with Crippen LogP contribution < -0.4 is 21.3 Å². The summed E-state index contributed by atoms with van der Waals surface area (Å²) < 4.78 is 32.8. The summed E-state index contributed by atoms with van der Waals surface area (Å²) in [5.41, 5.74) is 0. The molecule has 8 atom stereocenters. The summed E-state index contributed by atoms with van der Waals surface area (Å²) in [6.07, 6.45) is -0.901. The van der Waals surface area contributed by atoms with E-state index in [4.69, 9.17) is 28.4 Å². The van der Waals surface area contributed by atoms with E-state index in [0.717, 1.165) is 0 Å². The summed E-state index contributed by atoms with van der Waals surface area (Å²) in [6.45, 7) is 3.60. The Hall–Kier alpha value is -1.70. The zero-order valence-corrected chi connectivity index (χ0v) is 19.0. The van der Waals surface area contributed by atoms with Crippen LogP contribution in [0.2, 0.25) is 0 Å². The van der Waals surface area contributed by atoms with Crippen LogP contribution in [0.25, 0.3) is 0 Å². The van der Waals surface area contributed by atoms with Gasteiger partial charge in [0.1, 0.15) is 0 Å². The average molecular weight is 449 g/mol. The summed E-state index contributed by atoms with van der Waals surface area (Å²) in [5, 5.41) is 10.8. The molecule has 0 bridgehead atoms. The van der Waals surface area contributed by atoms with Gasteiger partial charge < -0.3 is 49.7 Å². The fourth-order valence-corrected chi connectivity index (χ4v) is 3.86. The summed E-state index contributed by atoms with van der Waals surface area (Å²) in [7, 11) is 6.27. The molecule has 0 aromatic rings. The van der Waals surface area contributed by atoms with Gasteiger partial charge in [0.15, 0.2) is 12.6 Å². The van der Waals surface area contributed by atoms with E-state index in [9.17, 15) is 9.59 Å². The van der Waals surface area contributed by atoms with Crippen molar-refractivity contribution in [1.29, 1.82) is 0 Å². The van der Waals surface area contributed by atoms with Crippen molar-refractivity contribution >= 4 is 12.1 Å². The van der Waals surface area contributed by atoms with Crippen molar-refractivity contribution in [3.63, 3.8) is 0 Å². The molecular formula is C19H36N4O8. The highest BCUT2D eigenvalue weighted by Gasteiger charge is 2.39. The molecule has 12 heteroatoms. The molecule has 4 N–H and O–H groups in total. The molecule has 180 valence electrons. The minimum atomic E-state index is -0.453. The lowest BCUT2D eigenvalue weighted by Crippen LogP contribution is -2.60. The second-order valence-corrected chi connectivity index (χ2v) is 7.56. The number of rotatable bonds is 8. The van der Waals surface area contributed by atoms with E-state index in [1.165, 1.54) is 0 Å². The first-order valence-corrected chi connectivity index (χ1v) is 10.3. The van der Waals surface area contributed by atoms with Crippen molar-refractivity contribution in [2.75, 3.05) is 35.1 Å². The zero-order valence-electron chi connectivity index (χ0n) is 19.0. The normalized spacial score (nSPS) is 35.8. The van der Waals surface area contributed by atoms with Gasteiger partial charge in [0.05, 0.1) is 43.2 Å². The molecule has 4 amide bonds. The van der Waals surface area contributed by atoms with Crippen LogP contribution in [0.1, 0.15) is 26.7 Å². The van der Waals surface area contributed by atoms with E-state index >= 15 is 0 Å². The monoisotopic (exact) mass is 448 g/mol. The van der Waals surface area contributed by atoms with Gasteiger partial charge in [-0.1, -0.05) is 0 Å². The number of hydrogen-bond donors (Lipinski definition) is 4. The highest BCUT2D eigenvalue weighted by molar-refractivity contribution is 5.77. The van der Waals surface area contributed by atoms with Crippen LogP contribution in [0.15, 0.2) is 0 Å². The maximum absolute atomic E-state index is 12.3. The lowest BCUT2D eigenvalue weighted by atomic mass is 9.99. The molecule has 0 aromatic carbocycles. The van der Waals surface area contributed by atoms with Crippen molar-refractivity contribution in [2.45, 2.75) is 75.8 Å². The lowest BCUT2D eigenvalue weighted by Gasteiger charge is -2.39. The van der Waals surface area contributed by atoms with Crippen LogP contribution in [0.3, 0.4) is 0 Å². The number of carbonyl (C=O) groups excluding carboxylic acids is 2. The highest BCUT2D eigenvalue weighted by atomic mass is 16.7. The lowest BCUT2D eigenvalue weighted by molar-refractivity contribution is -0.212. The Morgan fingerprint density at radius 2 is 1.13 bits per heavy atom. The van der Waals surface area contributed by atoms with Crippen molar-refractivity contribution in [2.24, 2.45) is 0 Å². The minimum Gasteiger partial charge on any atom is -0.379 e. The topological polar surface area (TPSA) is 138 Å². The van der Waals surface area contributed by atoms with Gasteiger partial charge in [-0.05, 0) is 13.8 Å². The van der Waals surface area contributed by atoms with Gasteiger partial charge in [-0.3, -0.25) is 0 Å². The second-order valence-electron chi connectivity index (χ2n) is 7.56. The van der Waals surface area contributed by atoms with Crippen LogP contribution in [0, 0.1) is 0 Å². The molecule has 0 aliphatic carbocycles. The Labute approximate surface area is 183 Å². The fraction of sp³-hybridized carbons (Fsp3) is 0.895. The fourth-order valence-electron chi connectivity index (χ4n) is 3.86. The molecular weight excluding hydrogens is 412 g/mol. The molecule has 2 rings (SSSR count). The van der Waals surface area contributed by atoms with Crippen LogP contribution in [0.5, 0.6) is 0 Å². The van der Waals surface area contributed by atoms with E-state index in [2.05, 4.69) is 21.3 Å². The first kappa shape index (κ1) is 25.6. The molecule has 31 heavy (non-hydrogen) atoms. The Balaban J connectivity index is 1.75. The number of methoxy groups -OCH3 is 4. The molecule has 2 heterocycles. The third-order valence-corrected chi connectivity index (χ3v) is 5.62. The number of urea groups is 2. The van der Waals surface area contributed by atoms with Gasteiger partial charge in [-0.2, -0.15) is 0 Å². The molecule has 0 saturated carbocycles. The number of ether oxygens (including phenoxy) is 6. The molecule has 0 spiro atoms. The van der Waals surface area contributed by atoms with Gasteiger partial charge in [0, 0.05) is 41.3 Å². The summed E-state index contributed by atoms with van der Waals surface area (Å²) in [5.74, 6) is 0. The molecule has 2 fully saturated rings. The molecule has 2 aliphatic rings. The molecule has 2 aliphatic heterocycles. The predicted octanol–water partition coefficient (Wildman–Crippen LogP) is -0.128. The Morgan fingerprint density at radius 1 is 0.742 bits per heavy atom. The van der Waals surface area contributed by atoms with Gasteiger partial charge >= 0.3 is 12.1 Å². The van der Waals surface area contributed by atoms with Gasteiger partial charge in [-0.15, -0.1) is 0 Å². The molecule has 2 saturated heterocycles. The molecule has 12 nitrogen and oxygen atoms in total. The third kappa shape index (κ3) is 7.16. The first-order chi connectivity index (χ1) is 14.8. The first-order valence-electron chi connectivity index (χ1n) is 10.3. The second kappa shape index (κ2) is 12.4. The summed E-state index contributed by atoms with van der Waals surface area (Å²) in [6, 6.07) is -1.63. The summed E-state index contributed by atoms with van der Waals surface area (Å²) >= 11 is 0. The van der Waals surface area contributed by atoms with E-state index in [1.54, 1.807) is 28.4 Å². The van der Waals surface area contributed by atoms with Gasteiger partial charge in [0.2, 0.25) is 0 Å². The largest absolute Gasteiger partial charge is 0.379 e. The predicted molar refractivity (Wildman–Crippen MR) is 109 cm³/mol. The Morgan fingerprint density at radius 3 is 1.45 bits per heavy atom. The van der Waals surface area contributed by atoms with E-state index in [1.807, 2.05) is 13.8 Å². The number of carbonyl (C=O) groups is 2. The Kier molecular flexibility index (Phi) is 10.2. The van der Waals surface area contributed by atoms with Crippen LogP contribution in [0.4, 0.5) is 9.59 Å². The van der Waals surface area contributed by atoms with E-state index in [-0.39, 0.29) is 55.7 Å². The number of hydrogen-bond acceptors (Lipinski definition) is 8. The quantitative estimate of drug-likeness (QED) is 0.377. The standard InChI is InChI=1S/C19H36N4O8/c1-10-16(12(26-3)7-14(28-5)30-10)22-18(24)20-9-21-19(25)23-17-11(2)31-15(29-6)8-13(17)27-4/h10-17H,7-9H2,1-6H3,(H2,20,22,24)(H2,21,23,25)/t10-,11-,12-,13-,14+,15+,16+,17+/m0/s1. The smallest absolute Gasteiger partial charge is 0.316 e. The molecule has 0 unspecified atom stereocenters. The van der Waals surface area contributed by atoms with Crippen molar-refractivity contribution in [3.05, 3.63) is 0 Å². The van der Waals surface area contributed by atoms with Gasteiger partial charge in [-0.25, -0.2) is 9.59 Å². The van der Waals surface area contributed by atoms with E-state index in [0.29, 0.717) is 12.8 Å². The van der Waals surface area contributed by atoms with E-state index < -0.39 is 12.1 Å². The number of amides is 4. The maximum atomic E-state index is 12.3. The highest BCUT2D eigenvalue weighted by Crippen LogP contribution is 2.23. The molecule has 0 radical (unpaired) electrons. The van der Waals surface area contributed by atoms with Crippen molar-refractivity contribution in [1.82, 2.24) is 21.3 Å². The average Bonchev–Trinajstić information content (AvgIpc) is 2.75. The van der Waals surface area contributed by atoms with Crippen molar-refractivity contribution < 1.29 is 38.0 Å². The van der Waals surface area contributed by atoms with Crippen LogP contribution >= 0.6 is 0 Å². The SMILES string of the molecule is CO[C@H]1C[C@H](OC)[C@H](NC(=O)NCNC(=O)N[C@@H]2[C@H](C)O[C@@H](OC)C[C@@H]2OC)[C@H](C)O1. The van der Waals surface area contributed by atoms with Gasteiger partial charge in [0.25, 0.3) is 0 Å². The van der Waals surface area contributed by atoms with Crippen LogP contribution in [-0.4, -0.2) is 96.2 Å². The maximum Gasteiger partial charge on any atom is 0.316 e. The number of nitrogens with one attached hydrogen (secondary N) is 4.